The Morgan fingerprint density at radius 3 is 2.69 bits per heavy atom. The molecule has 1 N–H and O–H groups in total. The zero-order chi connectivity index (χ0) is 9.68. The van der Waals surface area contributed by atoms with Crippen LogP contribution in [0.4, 0.5) is 0 Å². The number of ether oxygens (including phenoxy) is 1. The van der Waals surface area contributed by atoms with Crippen LogP contribution in [0.1, 0.15) is 12.5 Å². The van der Waals surface area contributed by atoms with Gasteiger partial charge in [-0.1, -0.05) is 24.3 Å². The molecule has 0 saturated heterocycles. The molecule has 13 heavy (non-hydrogen) atoms. The van der Waals surface area contributed by atoms with Crippen molar-refractivity contribution >= 4 is 5.57 Å². The molecule has 0 radical (unpaired) electrons. The molecule has 1 rings (SSSR count). The highest BCUT2D eigenvalue weighted by molar-refractivity contribution is 5.70. The third-order valence-corrected chi connectivity index (χ3v) is 1.97. The van der Waals surface area contributed by atoms with Gasteiger partial charge in [-0.2, -0.15) is 0 Å². The number of hydrogen-bond acceptors (Lipinski definition) is 2. The van der Waals surface area contributed by atoms with Crippen molar-refractivity contribution in [3.63, 3.8) is 0 Å². The first-order valence-electron chi connectivity index (χ1n) is 4.23. The second-order valence-electron chi connectivity index (χ2n) is 2.67. The summed E-state index contributed by atoms with van der Waals surface area (Å²) in [6, 6.07) is 7.66. The number of aliphatic hydroxyl groups is 1. The summed E-state index contributed by atoms with van der Waals surface area (Å²) >= 11 is 0. The fourth-order valence-electron chi connectivity index (χ4n) is 1.24. The molecule has 2 heteroatoms. The normalized spacial score (nSPS) is 11.5. The molecule has 0 amide bonds. The third-order valence-electron chi connectivity index (χ3n) is 1.97. The van der Waals surface area contributed by atoms with Gasteiger partial charge in [0.05, 0.1) is 13.7 Å². The predicted octanol–water partition coefficient (Wildman–Crippen LogP) is 2.09. The van der Waals surface area contributed by atoms with Crippen LogP contribution in [0, 0.1) is 0 Å². The Morgan fingerprint density at radius 2 is 2.15 bits per heavy atom. The lowest BCUT2D eigenvalue weighted by Gasteiger charge is -2.09. The lowest BCUT2D eigenvalue weighted by molar-refractivity contribution is 0.348. The zero-order valence-electron chi connectivity index (χ0n) is 7.95. The van der Waals surface area contributed by atoms with Crippen LogP contribution in [0.25, 0.3) is 5.57 Å². The topological polar surface area (TPSA) is 29.5 Å². The molecule has 70 valence electrons. The van der Waals surface area contributed by atoms with E-state index in [9.17, 15) is 0 Å². The molecular weight excluding hydrogens is 164 g/mol. The average Bonchev–Trinajstić information content (AvgIpc) is 2.20. The highest BCUT2D eigenvalue weighted by Crippen LogP contribution is 2.24. The van der Waals surface area contributed by atoms with Crippen LogP contribution in [0.3, 0.4) is 0 Å². The molecule has 0 unspecified atom stereocenters. The predicted molar refractivity (Wildman–Crippen MR) is 53.7 cm³/mol. The van der Waals surface area contributed by atoms with Gasteiger partial charge in [0.15, 0.2) is 0 Å². The summed E-state index contributed by atoms with van der Waals surface area (Å²) < 4.78 is 5.18. The second kappa shape index (κ2) is 4.67. The smallest absolute Gasteiger partial charge is 0.126 e. The van der Waals surface area contributed by atoms with Crippen LogP contribution < -0.4 is 4.74 Å². The van der Waals surface area contributed by atoms with E-state index in [-0.39, 0.29) is 6.61 Å². The molecule has 0 heterocycles. The molecule has 0 fully saturated rings. The van der Waals surface area contributed by atoms with Gasteiger partial charge in [-0.25, -0.2) is 0 Å². The molecule has 0 aliphatic carbocycles. The Balaban J connectivity index is 3.12. The standard InChI is InChI=1S/C11H14O2/c1-3-9(8-12)10-6-4-5-7-11(10)13-2/h3-7,12H,8H2,1-2H3/b9-3-. The van der Waals surface area contributed by atoms with Crippen LogP contribution in [0.15, 0.2) is 30.3 Å². The number of methoxy groups -OCH3 is 1. The molecule has 1 aromatic carbocycles. The molecule has 0 aromatic heterocycles. The van der Waals surface area contributed by atoms with E-state index in [0.717, 1.165) is 16.9 Å². The van der Waals surface area contributed by atoms with E-state index >= 15 is 0 Å². The zero-order valence-corrected chi connectivity index (χ0v) is 7.95. The fraction of sp³-hybridized carbons (Fsp3) is 0.273. The number of rotatable bonds is 3. The number of allylic oxidation sites excluding steroid dienone is 1. The molecule has 0 spiro atoms. The van der Waals surface area contributed by atoms with E-state index in [1.165, 1.54) is 0 Å². The van der Waals surface area contributed by atoms with E-state index in [4.69, 9.17) is 9.84 Å². The van der Waals surface area contributed by atoms with Gasteiger partial charge in [-0.15, -0.1) is 0 Å². The number of benzene rings is 1. The van der Waals surface area contributed by atoms with Gasteiger partial charge in [-0.3, -0.25) is 0 Å². The summed E-state index contributed by atoms with van der Waals surface area (Å²) in [4.78, 5) is 0. The van der Waals surface area contributed by atoms with Gasteiger partial charge in [-0.05, 0) is 18.6 Å². The van der Waals surface area contributed by atoms with Gasteiger partial charge in [0.1, 0.15) is 5.75 Å². The molecule has 2 nitrogen and oxygen atoms in total. The van der Waals surface area contributed by atoms with Gasteiger partial charge in [0.2, 0.25) is 0 Å². The molecule has 0 saturated carbocycles. The van der Waals surface area contributed by atoms with Crippen molar-refractivity contribution in [3.05, 3.63) is 35.9 Å². The molecular formula is C11H14O2. The summed E-state index contributed by atoms with van der Waals surface area (Å²) in [5, 5.41) is 9.08. The van der Waals surface area contributed by atoms with Gasteiger partial charge >= 0.3 is 0 Å². The first-order chi connectivity index (χ1) is 6.33. The van der Waals surface area contributed by atoms with Crippen LogP contribution in [0.5, 0.6) is 5.75 Å². The second-order valence-corrected chi connectivity index (χ2v) is 2.67. The van der Waals surface area contributed by atoms with Crippen LogP contribution in [-0.2, 0) is 0 Å². The molecule has 1 aromatic rings. The van der Waals surface area contributed by atoms with Gasteiger partial charge in [0, 0.05) is 5.56 Å². The summed E-state index contributed by atoms with van der Waals surface area (Å²) in [5.41, 5.74) is 1.84. The Bertz CT molecular complexity index is 303. The van der Waals surface area contributed by atoms with Gasteiger partial charge < -0.3 is 9.84 Å². The first kappa shape index (κ1) is 9.81. The molecule has 0 aliphatic heterocycles. The number of para-hydroxylation sites is 1. The van der Waals surface area contributed by atoms with Crippen LogP contribution in [0.2, 0.25) is 0 Å². The maximum Gasteiger partial charge on any atom is 0.126 e. The summed E-state index contributed by atoms with van der Waals surface area (Å²) in [6.45, 7) is 1.94. The SMILES string of the molecule is C/C=C(/CO)c1ccccc1OC. The highest BCUT2D eigenvalue weighted by atomic mass is 16.5. The Labute approximate surface area is 78.5 Å². The number of aliphatic hydroxyl groups excluding tert-OH is 1. The summed E-state index contributed by atoms with van der Waals surface area (Å²) in [5.74, 6) is 0.796. The van der Waals surface area contributed by atoms with Crippen molar-refractivity contribution in [1.82, 2.24) is 0 Å². The van der Waals surface area contributed by atoms with Crippen molar-refractivity contribution < 1.29 is 9.84 Å². The summed E-state index contributed by atoms with van der Waals surface area (Å²) in [7, 11) is 1.63. The fourth-order valence-corrected chi connectivity index (χ4v) is 1.24. The summed E-state index contributed by atoms with van der Waals surface area (Å²) in [6.07, 6.45) is 1.89. The Hall–Kier alpha value is -1.28. The minimum atomic E-state index is 0.0386. The molecule has 0 atom stereocenters. The minimum absolute atomic E-state index is 0.0386. The van der Waals surface area contributed by atoms with E-state index in [2.05, 4.69) is 0 Å². The van der Waals surface area contributed by atoms with Crippen molar-refractivity contribution in [2.75, 3.05) is 13.7 Å². The van der Waals surface area contributed by atoms with Crippen LogP contribution >= 0.6 is 0 Å². The largest absolute Gasteiger partial charge is 0.496 e. The lowest BCUT2D eigenvalue weighted by Crippen LogP contribution is -1.94. The lowest BCUT2D eigenvalue weighted by atomic mass is 10.1. The highest BCUT2D eigenvalue weighted by Gasteiger charge is 2.04. The van der Waals surface area contributed by atoms with Crippen molar-refractivity contribution in [1.29, 1.82) is 0 Å². The van der Waals surface area contributed by atoms with Crippen LogP contribution in [-0.4, -0.2) is 18.8 Å². The monoisotopic (exact) mass is 178 g/mol. The Morgan fingerprint density at radius 1 is 1.46 bits per heavy atom. The van der Waals surface area contributed by atoms with E-state index in [1.807, 2.05) is 37.3 Å². The Kier molecular flexibility index (Phi) is 3.53. The van der Waals surface area contributed by atoms with Crippen molar-refractivity contribution in [3.8, 4) is 5.75 Å². The quantitative estimate of drug-likeness (QED) is 0.768. The molecule has 0 bridgehead atoms. The maximum atomic E-state index is 9.08. The minimum Gasteiger partial charge on any atom is -0.496 e. The van der Waals surface area contributed by atoms with Crippen molar-refractivity contribution in [2.45, 2.75) is 6.92 Å². The molecule has 0 aliphatic rings. The third kappa shape index (κ3) is 2.10. The van der Waals surface area contributed by atoms with E-state index in [1.54, 1.807) is 7.11 Å². The van der Waals surface area contributed by atoms with E-state index < -0.39 is 0 Å². The van der Waals surface area contributed by atoms with Crippen molar-refractivity contribution in [2.24, 2.45) is 0 Å². The van der Waals surface area contributed by atoms with E-state index in [0.29, 0.717) is 0 Å². The average molecular weight is 178 g/mol. The van der Waals surface area contributed by atoms with Gasteiger partial charge in [0.25, 0.3) is 0 Å². The number of hydrogen-bond donors (Lipinski definition) is 1. The first-order valence-corrected chi connectivity index (χ1v) is 4.23. The maximum absolute atomic E-state index is 9.08.